The molecule has 2 rings (SSSR count). The molecule has 0 radical (unpaired) electrons. The van der Waals surface area contributed by atoms with Crippen LogP contribution >= 0.6 is 11.8 Å². The van der Waals surface area contributed by atoms with Gasteiger partial charge >= 0.3 is 0 Å². The summed E-state index contributed by atoms with van der Waals surface area (Å²) in [4.78, 5) is 5.11. The molecule has 2 aromatic rings. The van der Waals surface area contributed by atoms with Crippen LogP contribution < -0.4 is 5.73 Å². The fourth-order valence-corrected chi connectivity index (χ4v) is 2.27. The van der Waals surface area contributed by atoms with Gasteiger partial charge in [0.25, 0.3) is 0 Å². The minimum Gasteiger partial charge on any atom is -0.382 e. The summed E-state index contributed by atoms with van der Waals surface area (Å²) in [5.41, 5.74) is 7.21. The van der Waals surface area contributed by atoms with Gasteiger partial charge < -0.3 is 5.73 Å². The Morgan fingerprint density at radius 3 is 2.71 bits per heavy atom. The van der Waals surface area contributed by atoms with E-state index < -0.39 is 0 Å². The molecule has 4 heteroatoms. The van der Waals surface area contributed by atoms with Crippen molar-refractivity contribution in [2.75, 3.05) is 0 Å². The topological polar surface area (TPSA) is 62.8 Å². The number of thioether (sulfide) groups is 1. The Morgan fingerprint density at radius 1 is 1.24 bits per heavy atom. The normalized spacial score (nSPS) is 10.1. The maximum absolute atomic E-state index is 7.33. The minimum atomic E-state index is 0.00663. The van der Waals surface area contributed by atoms with Crippen LogP contribution in [0.4, 0.5) is 0 Å². The Labute approximate surface area is 105 Å². The van der Waals surface area contributed by atoms with Crippen molar-refractivity contribution in [3.8, 4) is 0 Å². The molecule has 0 saturated heterocycles. The van der Waals surface area contributed by atoms with E-state index in [1.54, 1.807) is 18.0 Å². The predicted molar refractivity (Wildman–Crippen MR) is 71.3 cm³/mol. The van der Waals surface area contributed by atoms with E-state index in [9.17, 15) is 0 Å². The number of hydrogen-bond donors (Lipinski definition) is 2. The first kappa shape index (κ1) is 11.7. The van der Waals surface area contributed by atoms with Crippen molar-refractivity contribution >= 4 is 17.6 Å². The fourth-order valence-electron chi connectivity index (χ4n) is 1.39. The Balaban J connectivity index is 2.04. The summed E-state index contributed by atoms with van der Waals surface area (Å²) in [7, 11) is 0. The number of amidine groups is 1. The molecule has 0 unspecified atom stereocenters. The Hall–Kier alpha value is -1.81. The lowest BCUT2D eigenvalue weighted by Crippen LogP contribution is -2.12. The highest BCUT2D eigenvalue weighted by molar-refractivity contribution is 7.98. The Morgan fingerprint density at radius 2 is 2.00 bits per heavy atom. The third-order valence-electron chi connectivity index (χ3n) is 2.26. The van der Waals surface area contributed by atoms with E-state index in [1.807, 2.05) is 30.3 Å². The van der Waals surface area contributed by atoms with Gasteiger partial charge in [-0.15, -0.1) is 11.8 Å². The molecule has 0 aliphatic carbocycles. The molecular formula is C13H13N3S. The van der Waals surface area contributed by atoms with E-state index >= 15 is 0 Å². The molecule has 0 spiro atoms. The average Bonchev–Trinajstić information content (AvgIpc) is 2.38. The third kappa shape index (κ3) is 3.32. The highest BCUT2D eigenvalue weighted by Gasteiger charge is 2.01. The summed E-state index contributed by atoms with van der Waals surface area (Å²) in [6.07, 6.45) is 1.68. The number of nitrogens with one attached hydrogen (secondary N) is 1. The molecule has 17 heavy (non-hydrogen) atoms. The standard InChI is InChI=1S/C13H13N3S/c14-13(15)12-8-11(6-7-16-12)17-9-10-4-2-1-3-5-10/h1-8H,9H2,(H3,14,15). The van der Waals surface area contributed by atoms with Gasteiger partial charge in [0.2, 0.25) is 0 Å². The zero-order valence-electron chi connectivity index (χ0n) is 9.26. The number of aromatic nitrogens is 1. The Kier molecular flexibility index (Phi) is 3.77. The van der Waals surface area contributed by atoms with Gasteiger partial charge in [-0.2, -0.15) is 0 Å². The lowest BCUT2D eigenvalue weighted by molar-refractivity contribution is 1.21. The van der Waals surface area contributed by atoms with Crippen molar-refractivity contribution in [1.29, 1.82) is 5.41 Å². The monoisotopic (exact) mass is 243 g/mol. The van der Waals surface area contributed by atoms with E-state index in [2.05, 4.69) is 17.1 Å². The summed E-state index contributed by atoms with van der Waals surface area (Å²) in [6, 6.07) is 14.0. The molecule has 0 fully saturated rings. The van der Waals surface area contributed by atoms with E-state index in [0.29, 0.717) is 5.69 Å². The molecule has 3 nitrogen and oxygen atoms in total. The predicted octanol–water partition coefficient (Wildman–Crippen LogP) is 2.66. The Bertz CT molecular complexity index is 511. The molecule has 1 aromatic heterocycles. The molecule has 0 aliphatic rings. The lowest BCUT2D eigenvalue weighted by atomic mass is 10.2. The molecule has 0 saturated carbocycles. The first-order chi connectivity index (χ1) is 8.25. The van der Waals surface area contributed by atoms with Crippen LogP contribution in [0.2, 0.25) is 0 Å². The molecule has 0 amide bonds. The van der Waals surface area contributed by atoms with Gasteiger partial charge in [-0.3, -0.25) is 10.4 Å². The van der Waals surface area contributed by atoms with Crippen LogP contribution in [-0.4, -0.2) is 10.8 Å². The van der Waals surface area contributed by atoms with E-state index in [0.717, 1.165) is 10.6 Å². The minimum absolute atomic E-state index is 0.00663. The second-order valence-electron chi connectivity index (χ2n) is 3.56. The average molecular weight is 243 g/mol. The zero-order chi connectivity index (χ0) is 12.1. The van der Waals surface area contributed by atoms with Crippen molar-refractivity contribution in [2.24, 2.45) is 5.73 Å². The maximum atomic E-state index is 7.33. The van der Waals surface area contributed by atoms with Crippen molar-refractivity contribution < 1.29 is 0 Å². The van der Waals surface area contributed by atoms with Crippen molar-refractivity contribution in [3.05, 3.63) is 59.9 Å². The van der Waals surface area contributed by atoms with Crippen LogP contribution in [0.1, 0.15) is 11.3 Å². The molecule has 86 valence electrons. The third-order valence-corrected chi connectivity index (χ3v) is 3.32. The van der Waals surface area contributed by atoms with Gasteiger partial charge in [-0.05, 0) is 17.7 Å². The van der Waals surface area contributed by atoms with Gasteiger partial charge in [0.1, 0.15) is 11.5 Å². The molecule has 3 N–H and O–H groups in total. The van der Waals surface area contributed by atoms with Crippen LogP contribution in [0.25, 0.3) is 0 Å². The van der Waals surface area contributed by atoms with Crippen LogP contribution in [-0.2, 0) is 5.75 Å². The van der Waals surface area contributed by atoms with Crippen molar-refractivity contribution in [3.63, 3.8) is 0 Å². The fraction of sp³-hybridized carbons (Fsp3) is 0.0769. The second kappa shape index (κ2) is 5.50. The number of nitrogens with zero attached hydrogens (tertiary/aromatic N) is 1. The molecular weight excluding hydrogens is 230 g/mol. The number of benzene rings is 1. The summed E-state index contributed by atoms with van der Waals surface area (Å²) >= 11 is 1.71. The number of hydrogen-bond acceptors (Lipinski definition) is 3. The summed E-state index contributed by atoms with van der Waals surface area (Å²) in [5.74, 6) is 0.912. The number of pyridine rings is 1. The van der Waals surface area contributed by atoms with Crippen LogP contribution in [0.5, 0.6) is 0 Å². The number of nitrogens with two attached hydrogens (primary N) is 1. The molecule has 0 bridgehead atoms. The van der Waals surface area contributed by atoms with E-state index in [4.69, 9.17) is 11.1 Å². The largest absolute Gasteiger partial charge is 0.382 e. The van der Waals surface area contributed by atoms with Crippen molar-refractivity contribution in [1.82, 2.24) is 4.98 Å². The van der Waals surface area contributed by atoms with E-state index in [-0.39, 0.29) is 5.84 Å². The molecule has 0 atom stereocenters. The second-order valence-corrected chi connectivity index (χ2v) is 4.61. The number of rotatable bonds is 4. The first-order valence-electron chi connectivity index (χ1n) is 5.23. The van der Waals surface area contributed by atoms with Gasteiger partial charge in [-0.25, -0.2) is 0 Å². The van der Waals surface area contributed by atoms with Gasteiger partial charge in [0.15, 0.2) is 0 Å². The molecule has 1 aromatic carbocycles. The van der Waals surface area contributed by atoms with Crippen LogP contribution in [0.3, 0.4) is 0 Å². The summed E-state index contributed by atoms with van der Waals surface area (Å²) in [5, 5.41) is 7.33. The summed E-state index contributed by atoms with van der Waals surface area (Å²) in [6.45, 7) is 0. The lowest BCUT2D eigenvalue weighted by Gasteiger charge is -2.03. The smallest absolute Gasteiger partial charge is 0.141 e. The zero-order valence-corrected chi connectivity index (χ0v) is 10.1. The quantitative estimate of drug-likeness (QED) is 0.493. The summed E-state index contributed by atoms with van der Waals surface area (Å²) < 4.78 is 0. The highest BCUT2D eigenvalue weighted by atomic mass is 32.2. The van der Waals surface area contributed by atoms with E-state index in [1.165, 1.54) is 5.56 Å². The number of nitrogen functional groups attached to an aromatic ring is 1. The molecule has 0 aliphatic heterocycles. The van der Waals surface area contributed by atoms with Gasteiger partial charge in [0, 0.05) is 16.8 Å². The van der Waals surface area contributed by atoms with Gasteiger partial charge in [-0.1, -0.05) is 30.3 Å². The maximum Gasteiger partial charge on any atom is 0.141 e. The van der Waals surface area contributed by atoms with Crippen molar-refractivity contribution in [2.45, 2.75) is 10.6 Å². The van der Waals surface area contributed by atoms with Crippen LogP contribution in [0, 0.1) is 5.41 Å². The first-order valence-corrected chi connectivity index (χ1v) is 6.21. The SMILES string of the molecule is N=C(N)c1cc(SCc2ccccc2)ccn1. The van der Waals surface area contributed by atoms with Crippen LogP contribution in [0.15, 0.2) is 53.6 Å². The molecule has 1 heterocycles. The van der Waals surface area contributed by atoms with Gasteiger partial charge in [0.05, 0.1) is 0 Å². The highest BCUT2D eigenvalue weighted by Crippen LogP contribution is 2.22.